The third-order valence-corrected chi connectivity index (χ3v) is 15.6. The second-order valence-electron chi connectivity index (χ2n) is 18.5. The summed E-state index contributed by atoms with van der Waals surface area (Å²) < 4.78 is 4.83. The van der Waals surface area contributed by atoms with Gasteiger partial charge >= 0.3 is 6.09 Å². The van der Waals surface area contributed by atoms with Crippen LogP contribution in [0, 0.1) is 35.5 Å². The number of H-pyrrole nitrogens is 2. The van der Waals surface area contributed by atoms with E-state index in [2.05, 4.69) is 45.6 Å². The van der Waals surface area contributed by atoms with Gasteiger partial charge in [0.15, 0.2) is 0 Å². The van der Waals surface area contributed by atoms with Crippen molar-refractivity contribution < 1.29 is 19.1 Å². The van der Waals surface area contributed by atoms with Gasteiger partial charge < -0.3 is 35.6 Å². The lowest BCUT2D eigenvalue weighted by Crippen LogP contribution is -2.51. The van der Waals surface area contributed by atoms with Gasteiger partial charge in [0.2, 0.25) is 11.8 Å². The summed E-state index contributed by atoms with van der Waals surface area (Å²) in [6.07, 6.45) is 19.1. The van der Waals surface area contributed by atoms with Crippen LogP contribution in [0.1, 0.15) is 125 Å². The molecule has 5 N–H and O–H groups in total. The molecule has 7 aliphatic rings. The number of fused-ring (bicyclic) bond motifs is 3. The van der Waals surface area contributed by atoms with Crippen molar-refractivity contribution in [3.8, 4) is 10.6 Å². The third-order valence-electron chi connectivity index (χ3n) is 14.4. The quantitative estimate of drug-likeness (QED) is 0.161. The van der Waals surface area contributed by atoms with Gasteiger partial charge in [-0.3, -0.25) is 9.59 Å². The average Bonchev–Trinajstić information content (AvgIpc) is 4.10. The van der Waals surface area contributed by atoms with Gasteiger partial charge in [0, 0.05) is 23.7 Å². The predicted molar refractivity (Wildman–Crippen MR) is 230 cm³/mol. The van der Waals surface area contributed by atoms with Crippen molar-refractivity contribution in [3.05, 3.63) is 69.5 Å². The van der Waals surface area contributed by atoms with Crippen LogP contribution in [0.25, 0.3) is 22.2 Å². The Balaban J connectivity index is 0.962. The number of hydrogen-bond acceptors (Lipinski definition) is 8. The monoisotopic (exact) mass is 820 g/mol. The molecule has 3 saturated carbocycles. The van der Waals surface area contributed by atoms with Crippen molar-refractivity contribution in [2.24, 2.45) is 41.2 Å². The molecule has 0 spiro atoms. The van der Waals surface area contributed by atoms with Crippen molar-refractivity contribution in [2.75, 3.05) is 20.2 Å². The van der Waals surface area contributed by atoms with Gasteiger partial charge in [0.1, 0.15) is 17.7 Å². The fraction of sp³-hybridized carbons (Fsp3) is 0.587. The summed E-state index contributed by atoms with van der Waals surface area (Å²) in [5.74, 6) is 3.98. The minimum absolute atomic E-state index is 0.0155. The molecule has 2 bridgehead atoms. The van der Waals surface area contributed by atoms with Gasteiger partial charge in [-0.15, -0.1) is 11.3 Å². The SMILES string of the molecule is COC(=O)NC(C(=O)N1CCCC1c1nc2c([nH]1)CCC(C1=CC=C(c3ccc(-c4cnc(C5CCCN5C(=O)C(N)C(C)C)[nH]4)s3)C3C4CCC(CC4)C13)=C2)C(C)C. The lowest BCUT2D eigenvalue weighted by Gasteiger charge is -2.52. The summed E-state index contributed by atoms with van der Waals surface area (Å²) in [6, 6.07) is 3.17. The first kappa shape index (κ1) is 39.9. The molecule has 314 valence electrons. The number of aryl methyl sites for hydroxylation is 1. The Labute approximate surface area is 351 Å². The molecule has 5 heterocycles. The number of nitrogens with zero attached hydrogens (tertiary/aromatic N) is 4. The third kappa shape index (κ3) is 7.29. The zero-order chi connectivity index (χ0) is 41.1. The minimum atomic E-state index is -0.658. The van der Waals surface area contributed by atoms with Crippen molar-refractivity contribution in [2.45, 2.75) is 116 Å². The van der Waals surface area contributed by atoms with Crippen LogP contribution in [0.15, 0.2) is 41.6 Å². The summed E-state index contributed by atoms with van der Waals surface area (Å²) in [5, 5.41) is 2.76. The second kappa shape index (κ2) is 16.2. The van der Waals surface area contributed by atoms with Crippen LogP contribution >= 0.6 is 11.3 Å². The molecule has 6 unspecified atom stereocenters. The van der Waals surface area contributed by atoms with Gasteiger partial charge in [0.25, 0.3) is 0 Å². The van der Waals surface area contributed by atoms with E-state index in [0.29, 0.717) is 30.2 Å². The van der Waals surface area contributed by atoms with Crippen molar-refractivity contribution in [1.82, 2.24) is 35.1 Å². The lowest BCUT2D eigenvalue weighted by molar-refractivity contribution is -0.136. The van der Waals surface area contributed by atoms with Crippen LogP contribution in [-0.2, 0) is 20.7 Å². The number of amides is 3. The largest absolute Gasteiger partial charge is 0.453 e. The van der Waals surface area contributed by atoms with E-state index in [0.717, 1.165) is 73.8 Å². The van der Waals surface area contributed by atoms with E-state index >= 15 is 0 Å². The molecule has 5 aliphatic carbocycles. The van der Waals surface area contributed by atoms with E-state index in [4.69, 9.17) is 20.4 Å². The molecule has 10 rings (SSSR count). The molecule has 12 nitrogen and oxygen atoms in total. The standard InChI is InChI=1S/C46H60N8O4S/c1-24(2)40(47)44(55)53-20-6-8-34(53)42-48-23-33(51-42)37-19-18-36(59-37)30-16-15-29(38-26-10-12-27(13-11-26)39(30)38)28-14-17-31-32(22-28)50-43(49-31)35-9-7-21-54(35)45(56)41(25(3)4)52-46(57)58-5/h15-16,18-19,22-27,34-35,38-41H,6-14,17,20-21,47H2,1-5H3,(H,48,51)(H,49,50)(H,52,57). The number of hydrogen-bond donors (Lipinski definition) is 4. The highest BCUT2D eigenvalue weighted by Crippen LogP contribution is 2.59. The van der Waals surface area contributed by atoms with Crippen LogP contribution < -0.4 is 11.1 Å². The van der Waals surface area contributed by atoms with Gasteiger partial charge in [-0.05, 0) is 135 Å². The molecule has 13 heteroatoms. The molecule has 3 aromatic rings. The predicted octanol–water partition coefficient (Wildman–Crippen LogP) is 7.96. The normalized spacial score (nSPS) is 27.3. The number of imidazole rings is 2. The fourth-order valence-electron chi connectivity index (χ4n) is 11.2. The fourth-order valence-corrected chi connectivity index (χ4v) is 12.2. The Morgan fingerprint density at radius 1 is 0.831 bits per heavy atom. The van der Waals surface area contributed by atoms with E-state index in [-0.39, 0.29) is 35.7 Å². The molecule has 3 aromatic heterocycles. The zero-order valence-electron chi connectivity index (χ0n) is 35.1. The summed E-state index contributed by atoms with van der Waals surface area (Å²) in [6.45, 7) is 9.24. The van der Waals surface area contributed by atoms with Gasteiger partial charge in [-0.2, -0.15) is 0 Å². The molecule has 2 aliphatic heterocycles. The molecule has 0 radical (unpaired) electrons. The van der Waals surface area contributed by atoms with E-state index in [1.807, 2.05) is 55.0 Å². The molecular formula is C46H60N8O4S. The number of carbonyl (C=O) groups is 3. The van der Waals surface area contributed by atoms with E-state index < -0.39 is 18.2 Å². The first-order valence-electron chi connectivity index (χ1n) is 22.1. The number of carbonyl (C=O) groups excluding carboxylic acids is 3. The smallest absolute Gasteiger partial charge is 0.407 e. The lowest BCUT2D eigenvalue weighted by atomic mass is 9.52. The first-order chi connectivity index (χ1) is 28.5. The molecule has 5 fully saturated rings. The molecule has 59 heavy (non-hydrogen) atoms. The number of aromatic nitrogens is 4. The highest BCUT2D eigenvalue weighted by Gasteiger charge is 2.49. The minimum Gasteiger partial charge on any atom is -0.453 e. The van der Waals surface area contributed by atoms with Crippen LogP contribution in [-0.4, -0.2) is 79.9 Å². The Morgan fingerprint density at radius 2 is 1.47 bits per heavy atom. The molecular weight excluding hydrogens is 761 g/mol. The maximum atomic E-state index is 13.8. The van der Waals surface area contributed by atoms with Crippen LogP contribution in [0.5, 0.6) is 0 Å². The number of likely N-dealkylation sites (tertiary alicyclic amines) is 2. The van der Waals surface area contributed by atoms with Crippen molar-refractivity contribution >= 4 is 40.9 Å². The van der Waals surface area contributed by atoms with Crippen molar-refractivity contribution in [1.29, 1.82) is 0 Å². The molecule has 2 saturated heterocycles. The summed E-state index contributed by atoms with van der Waals surface area (Å²) in [7, 11) is 1.32. The highest BCUT2D eigenvalue weighted by atomic mass is 32.1. The Kier molecular flexibility index (Phi) is 11.0. The summed E-state index contributed by atoms with van der Waals surface area (Å²) >= 11 is 1.85. The van der Waals surface area contributed by atoms with E-state index in [9.17, 15) is 14.4 Å². The number of nitrogens with one attached hydrogen (secondary N) is 3. The van der Waals surface area contributed by atoms with Gasteiger partial charge in [0.05, 0.1) is 47.7 Å². The maximum Gasteiger partial charge on any atom is 0.407 e. The number of ether oxygens (including phenoxy) is 1. The number of nitrogens with two attached hydrogens (primary N) is 1. The highest BCUT2D eigenvalue weighted by molar-refractivity contribution is 7.16. The van der Waals surface area contributed by atoms with Gasteiger partial charge in [-0.1, -0.05) is 39.8 Å². The topological polar surface area (TPSA) is 162 Å². The number of thiophene rings is 1. The Bertz CT molecular complexity index is 2190. The zero-order valence-corrected chi connectivity index (χ0v) is 35.9. The first-order valence-corrected chi connectivity index (χ1v) is 22.9. The van der Waals surface area contributed by atoms with Crippen LogP contribution in [0.4, 0.5) is 4.79 Å². The number of methoxy groups -OCH3 is 1. The van der Waals surface area contributed by atoms with E-state index in [1.165, 1.54) is 59.3 Å². The number of rotatable bonds is 10. The van der Waals surface area contributed by atoms with Crippen LogP contribution in [0.3, 0.4) is 0 Å². The maximum absolute atomic E-state index is 13.8. The van der Waals surface area contributed by atoms with Crippen molar-refractivity contribution in [3.63, 3.8) is 0 Å². The average molecular weight is 821 g/mol. The van der Waals surface area contributed by atoms with E-state index in [1.54, 1.807) is 0 Å². The molecule has 0 aromatic carbocycles. The number of allylic oxidation sites excluding steroid dienone is 5. The van der Waals surface area contributed by atoms with Crippen LogP contribution in [0.2, 0.25) is 0 Å². The number of alkyl carbamates (subject to hydrolysis) is 1. The molecule has 3 amide bonds. The van der Waals surface area contributed by atoms with Gasteiger partial charge in [-0.25, -0.2) is 14.8 Å². The Morgan fingerprint density at radius 3 is 2.15 bits per heavy atom. The molecule has 6 atom stereocenters. The summed E-state index contributed by atoms with van der Waals surface area (Å²) in [5.41, 5.74) is 13.8. The number of aromatic amines is 2. The Hall–Kier alpha value is -4.49. The second-order valence-corrected chi connectivity index (χ2v) is 19.6. The summed E-state index contributed by atoms with van der Waals surface area (Å²) in [4.78, 5) is 62.7.